The molecule has 0 aliphatic heterocycles. The van der Waals surface area contributed by atoms with Gasteiger partial charge in [0, 0.05) is 15.7 Å². The van der Waals surface area contributed by atoms with Gasteiger partial charge in [-0.05, 0) is 77.0 Å². The Morgan fingerprint density at radius 2 is 0.806 bits per heavy atom. The summed E-state index contributed by atoms with van der Waals surface area (Å²) in [5.74, 6) is -1.60. The van der Waals surface area contributed by atoms with E-state index in [1.807, 2.05) is 0 Å². The maximum Gasteiger partial charge on any atom is 0.308 e. The Balaban J connectivity index is 1.59. The molecule has 0 atom stereocenters. The quantitative estimate of drug-likeness (QED) is 0.181. The van der Waals surface area contributed by atoms with E-state index in [0.29, 0.717) is 54.3 Å². The maximum atomic E-state index is 12.7. The van der Waals surface area contributed by atoms with Gasteiger partial charge in [0.2, 0.25) is 0 Å². The Morgan fingerprint density at radius 1 is 0.556 bits per heavy atom. The van der Waals surface area contributed by atoms with Crippen molar-refractivity contribution in [2.75, 3.05) is 26.4 Å². The molecule has 0 bridgehead atoms. The zero-order chi connectivity index (χ0) is 26.1. The average molecular weight is 563 g/mol. The Kier molecular flexibility index (Phi) is 12.1. The van der Waals surface area contributed by atoms with Gasteiger partial charge in [-0.15, -0.1) is 0 Å². The molecule has 36 heavy (non-hydrogen) atoms. The molecule has 7 nitrogen and oxygen atoms in total. The Morgan fingerprint density at radius 3 is 1.03 bits per heavy atom. The van der Waals surface area contributed by atoms with Crippen molar-refractivity contribution in [3.05, 3.63) is 0 Å². The summed E-state index contributed by atoms with van der Waals surface area (Å²) in [5.41, 5.74) is -1.21. The third-order valence-corrected chi connectivity index (χ3v) is 9.54. The fourth-order valence-electron chi connectivity index (χ4n) is 5.22. The monoisotopic (exact) mass is 562 g/mol. The number of hydrogen-bond donors (Lipinski definition) is 4. The van der Waals surface area contributed by atoms with Crippen molar-refractivity contribution in [2.24, 2.45) is 23.2 Å². The second-order valence-corrected chi connectivity index (χ2v) is 13.2. The van der Waals surface area contributed by atoms with Crippen LogP contribution in [0.25, 0.3) is 0 Å². The zero-order valence-electron chi connectivity index (χ0n) is 21.0. The first-order valence-corrected chi connectivity index (χ1v) is 14.9. The highest BCUT2D eigenvalue weighted by Crippen LogP contribution is 2.32. The summed E-state index contributed by atoms with van der Waals surface area (Å²) in [7, 11) is 0. The van der Waals surface area contributed by atoms with E-state index >= 15 is 0 Å². The Bertz CT molecular complexity index is 632. The highest BCUT2D eigenvalue weighted by molar-refractivity contribution is 7.81. The average Bonchev–Trinajstić information content (AvgIpc) is 2.89. The molecule has 3 saturated carbocycles. The largest absolute Gasteiger partial charge is 0.465 e. The minimum atomic E-state index is -1.21. The molecule has 0 radical (unpaired) electrons. The SMILES string of the molecule is O=C(OCC(CO)(COC(=O)C1CCC(S)CC1)COC(=O)C1CCC(S)CC1)C1CCC(S)CC1. The number of aliphatic hydroxyl groups is 1. The third-order valence-electron chi connectivity index (χ3n) is 7.99. The minimum Gasteiger partial charge on any atom is -0.465 e. The van der Waals surface area contributed by atoms with Crippen LogP contribution in [0.2, 0.25) is 0 Å². The summed E-state index contributed by atoms with van der Waals surface area (Å²) in [6.07, 6.45) is 9.40. The fraction of sp³-hybridized carbons (Fsp3) is 0.885. The zero-order valence-corrected chi connectivity index (χ0v) is 23.7. The summed E-state index contributed by atoms with van der Waals surface area (Å²) in [6, 6.07) is 0. The highest BCUT2D eigenvalue weighted by atomic mass is 32.1. The van der Waals surface area contributed by atoms with Gasteiger partial charge >= 0.3 is 17.9 Å². The molecule has 0 unspecified atom stereocenters. The lowest BCUT2D eigenvalue weighted by Gasteiger charge is -2.33. The van der Waals surface area contributed by atoms with Crippen LogP contribution in [0.5, 0.6) is 0 Å². The van der Waals surface area contributed by atoms with Crippen LogP contribution in [0, 0.1) is 23.2 Å². The van der Waals surface area contributed by atoms with Crippen molar-refractivity contribution in [1.82, 2.24) is 0 Å². The number of carbonyl (C=O) groups excluding carboxylic acids is 3. The molecular formula is C26H42O7S3. The molecule has 0 heterocycles. The predicted molar refractivity (Wildman–Crippen MR) is 147 cm³/mol. The molecule has 0 aromatic heterocycles. The molecule has 0 aromatic carbocycles. The highest BCUT2D eigenvalue weighted by Gasteiger charge is 2.39. The van der Waals surface area contributed by atoms with Crippen LogP contribution < -0.4 is 0 Å². The van der Waals surface area contributed by atoms with Crippen molar-refractivity contribution >= 4 is 55.8 Å². The van der Waals surface area contributed by atoms with Gasteiger partial charge < -0.3 is 19.3 Å². The lowest BCUT2D eigenvalue weighted by molar-refractivity contribution is -0.171. The standard InChI is InChI=1S/C26H42O7S3/c27-13-26(14-31-23(28)17-1-7-20(34)8-2-17,15-32-24(29)18-3-9-21(35)10-4-18)16-33-25(30)19-5-11-22(36)12-6-19/h17-22,27,34-36H,1-16H2. The fourth-order valence-corrected chi connectivity index (χ4v) is 6.12. The van der Waals surface area contributed by atoms with E-state index in [9.17, 15) is 19.5 Å². The topological polar surface area (TPSA) is 99.1 Å². The van der Waals surface area contributed by atoms with Gasteiger partial charge in [-0.3, -0.25) is 14.4 Å². The number of hydrogen-bond acceptors (Lipinski definition) is 10. The van der Waals surface area contributed by atoms with E-state index in [1.54, 1.807) is 0 Å². The van der Waals surface area contributed by atoms with Crippen molar-refractivity contribution in [1.29, 1.82) is 0 Å². The second kappa shape index (κ2) is 14.5. The van der Waals surface area contributed by atoms with Gasteiger partial charge in [-0.2, -0.15) is 37.9 Å². The summed E-state index contributed by atoms with van der Waals surface area (Å²) in [5, 5.41) is 11.3. The molecule has 3 aliphatic carbocycles. The molecule has 0 aromatic rings. The molecule has 0 amide bonds. The number of carbonyl (C=O) groups is 3. The van der Waals surface area contributed by atoms with Gasteiger partial charge in [-0.25, -0.2) is 0 Å². The molecule has 0 spiro atoms. The first-order valence-electron chi connectivity index (χ1n) is 13.4. The van der Waals surface area contributed by atoms with E-state index < -0.39 is 12.0 Å². The molecular weight excluding hydrogens is 520 g/mol. The lowest BCUT2D eigenvalue weighted by atomic mass is 9.87. The van der Waals surface area contributed by atoms with E-state index in [0.717, 1.165) is 38.5 Å². The van der Waals surface area contributed by atoms with Crippen LogP contribution in [0.3, 0.4) is 0 Å². The van der Waals surface area contributed by atoms with Crippen LogP contribution in [-0.4, -0.2) is 65.2 Å². The summed E-state index contributed by atoms with van der Waals surface area (Å²) < 4.78 is 16.9. The van der Waals surface area contributed by atoms with Crippen LogP contribution >= 0.6 is 37.9 Å². The van der Waals surface area contributed by atoms with Gasteiger partial charge in [-0.1, -0.05) is 0 Å². The molecule has 3 fully saturated rings. The minimum absolute atomic E-state index is 0.184. The second-order valence-electron chi connectivity index (χ2n) is 11.0. The number of esters is 3. The number of aliphatic hydroxyl groups excluding tert-OH is 1. The third kappa shape index (κ3) is 9.02. The molecule has 206 valence electrons. The maximum absolute atomic E-state index is 12.7. The van der Waals surface area contributed by atoms with E-state index in [-0.39, 0.29) is 55.5 Å². The van der Waals surface area contributed by atoms with Crippen LogP contribution in [-0.2, 0) is 28.6 Å². The summed E-state index contributed by atoms with van der Waals surface area (Å²) in [4.78, 5) is 38.2. The number of rotatable bonds is 10. The van der Waals surface area contributed by atoms with Crippen molar-refractivity contribution in [2.45, 2.75) is 92.8 Å². The van der Waals surface area contributed by atoms with E-state index in [2.05, 4.69) is 37.9 Å². The first kappa shape index (κ1) is 30.0. The van der Waals surface area contributed by atoms with Crippen LogP contribution in [0.1, 0.15) is 77.0 Å². The summed E-state index contributed by atoms with van der Waals surface area (Å²) in [6.45, 7) is -1.000. The van der Waals surface area contributed by atoms with Gasteiger partial charge in [0.1, 0.15) is 19.8 Å². The van der Waals surface area contributed by atoms with Gasteiger partial charge in [0.25, 0.3) is 0 Å². The van der Waals surface area contributed by atoms with Crippen LogP contribution in [0.15, 0.2) is 0 Å². The normalized spacial score (nSPS) is 32.7. The van der Waals surface area contributed by atoms with Gasteiger partial charge in [0.15, 0.2) is 0 Å². The predicted octanol–water partition coefficient (Wildman–Crippen LogP) is 4.06. The first-order chi connectivity index (χ1) is 17.2. The van der Waals surface area contributed by atoms with E-state index in [4.69, 9.17) is 14.2 Å². The van der Waals surface area contributed by atoms with E-state index in [1.165, 1.54) is 0 Å². The molecule has 10 heteroatoms. The van der Waals surface area contributed by atoms with Crippen molar-refractivity contribution in [3.63, 3.8) is 0 Å². The van der Waals surface area contributed by atoms with Gasteiger partial charge in [0.05, 0.1) is 29.8 Å². The van der Waals surface area contributed by atoms with Crippen LogP contribution in [0.4, 0.5) is 0 Å². The molecule has 3 rings (SSSR count). The Labute approximate surface area is 231 Å². The number of ether oxygens (including phenoxy) is 3. The number of thiol groups is 3. The smallest absolute Gasteiger partial charge is 0.308 e. The molecule has 3 aliphatic rings. The lowest BCUT2D eigenvalue weighted by Crippen LogP contribution is -2.44. The van der Waals surface area contributed by atoms with Crippen molar-refractivity contribution in [3.8, 4) is 0 Å². The molecule has 1 N–H and O–H groups in total. The Hall–Kier alpha value is -0.580. The molecule has 0 saturated heterocycles. The van der Waals surface area contributed by atoms with Crippen molar-refractivity contribution < 1.29 is 33.7 Å². The summed E-state index contributed by atoms with van der Waals surface area (Å²) >= 11 is 13.5.